The van der Waals surface area contributed by atoms with E-state index in [1.807, 2.05) is 44.2 Å². The lowest BCUT2D eigenvalue weighted by atomic mass is 9.81. The highest BCUT2D eigenvalue weighted by molar-refractivity contribution is 5.66. The van der Waals surface area contributed by atoms with Crippen molar-refractivity contribution < 1.29 is 71.1 Å². The number of ether oxygens (including phenoxy) is 3. The van der Waals surface area contributed by atoms with Crippen LogP contribution >= 0.6 is 0 Å². The van der Waals surface area contributed by atoms with Crippen molar-refractivity contribution in [3.63, 3.8) is 0 Å². The molecule has 2 saturated heterocycles. The first kappa shape index (κ1) is 43.7. The Morgan fingerprint density at radius 3 is 1.77 bits per heavy atom. The van der Waals surface area contributed by atoms with E-state index in [1.165, 1.54) is 30.2 Å². The number of rotatable bonds is 7. The van der Waals surface area contributed by atoms with E-state index in [0.29, 0.717) is 29.2 Å². The summed E-state index contributed by atoms with van der Waals surface area (Å²) in [7, 11) is 1.00. The number of anilines is 2. The van der Waals surface area contributed by atoms with Crippen molar-refractivity contribution in [2.45, 2.75) is 81.8 Å². The molecule has 8 atom stereocenters. The lowest BCUT2D eigenvalue weighted by molar-refractivity contribution is -0.288. The summed E-state index contributed by atoms with van der Waals surface area (Å²) >= 11 is 0. The lowest BCUT2D eigenvalue weighted by Crippen LogP contribution is -3.00. The predicted molar refractivity (Wildman–Crippen MR) is 185 cm³/mol. The van der Waals surface area contributed by atoms with Crippen molar-refractivity contribution >= 4 is 22.7 Å². The molecule has 5 aromatic rings. The van der Waals surface area contributed by atoms with Gasteiger partial charge >= 0.3 is 0 Å². The Morgan fingerprint density at radius 1 is 0.811 bits per heavy atom. The first-order valence-corrected chi connectivity index (χ1v) is 16.3. The van der Waals surface area contributed by atoms with Crippen LogP contribution in [0.4, 0.5) is 11.6 Å². The Bertz CT molecular complexity index is 1960. The largest absolute Gasteiger partial charge is 1.00 e. The van der Waals surface area contributed by atoms with E-state index in [0.717, 1.165) is 19.1 Å². The Balaban J connectivity index is 0.000000350. The van der Waals surface area contributed by atoms with E-state index in [9.17, 15) is 25.5 Å². The van der Waals surface area contributed by atoms with Crippen LogP contribution in [0.15, 0.2) is 67.3 Å². The Hall–Kier alpha value is -3.72. The number of halogens is 2. The van der Waals surface area contributed by atoms with Gasteiger partial charge in [0.05, 0.1) is 19.3 Å². The number of fused-ring (bicyclic) bond motifs is 2. The highest BCUT2D eigenvalue weighted by atomic mass is 35.5. The molecular formula is C34H48Cl2N8O9-2. The number of aliphatic hydroxyl groups excluding tert-OH is 3. The molecule has 10 N–H and O–H groups in total. The maximum atomic E-state index is 11.8. The molecule has 4 aromatic heterocycles. The second-order valence-corrected chi connectivity index (χ2v) is 12.8. The molecule has 294 valence electrons. The smallest absolute Gasteiger partial charge is 0.242 e. The summed E-state index contributed by atoms with van der Waals surface area (Å²) in [5.74, 6) is -3.45. The molecule has 0 amide bonds. The minimum absolute atomic E-state index is 0. The number of nitrogens with two attached hydrogens (primary N) is 2. The number of nitrogen functional groups attached to an aromatic ring is 2. The molecule has 0 spiro atoms. The molecule has 0 saturated carbocycles. The Kier molecular flexibility index (Phi) is 13.8. The van der Waals surface area contributed by atoms with E-state index in [2.05, 4.69) is 27.1 Å². The highest BCUT2D eigenvalue weighted by Gasteiger charge is 2.65. The van der Waals surface area contributed by atoms with Gasteiger partial charge in [-0.2, -0.15) is 10.2 Å². The van der Waals surface area contributed by atoms with Crippen molar-refractivity contribution in [2.75, 3.05) is 25.2 Å². The third-order valence-electron chi connectivity index (χ3n) is 9.98. The molecule has 2 aliphatic heterocycles. The molecule has 2 aliphatic rings. The maximum Gasteiger partial charge on any atom is 0.242 e. The SMILES string of the molecule is CC[C@H]1OC(O)(c2ccc3c(N)ncnn23)[C@](C)(OCc2ccccc2)[C@@H]1C.CO.C[C@@]1(O)[C@H](O)[C@@H](CO)OC1(O)c1ccc2c(N)ncnn12.[Cl-].[Cl-].[HH]. The molecule has 0 radical (unpaired) electrons. The summed E-state index contributed by atoms with van der Waals surface area (Å²) in [6, 6.07) is 16.5. The van der Waals surface area contributed by atoms with Gasteiger partial charge in [-0.05, 0) is 50.1 Å². The summed E-state index contributed by atoms with van der Waals surface area (Å²) in [5, 5.41) is 67.5. The minimum atomic E-state index is -2.26. The zero-order valence-corrected chi connectivity index (χ0v) is 31.3. The van der Waals surface area contributed by atoms with Crippen molar-refractivity contribution in [3.8, 4) is 0 Å². The molecule has 7 rings (SSSR count). The van der Waals surface area contributed by atoms with Gasteiger partial charge in [0.25, 0.3) is 0 Å². The third kappa shape index (κ3) is 7.15. The van der Waals surface area contributed by atoms with Crippen molar-refractivity contribution in [1.82, 2.24) is 29.2 Å². The van der Waals surface area contributed by atoms with Gasteiger partial charge in [-0.15, -0.1) is 0 Å². The van der Waals surface area contributed by atoms with Gasteiger partial charge in [-0.1, -0.05) is 44.2 Å². The zero-order valence-electron chi connectivity index (χ0n) is 29.8. The van der Waals surface area contributed by atoms with Crippen LogP contribution < -0.4 is 36.3 Å². The van der Waals surface area contributed by atoms with E-state index in [4.69, 9.17) is 30.8 Å². The number of hydrogen-bond donors (Lipinski definition) is 8. The first-order valence-electron chi connectivity index (χ1n) is 16.3. The van der Waals surface area contributed by atoms with Crippen LogP contribution in [0.2, 0.25) is 0 Å². The second-order valence-electron chi connectivity index (χ2n) is 12.8. The normalized spacial score (nSPS) is 30.5. The molecule has 1 aromatic carbocycles. The van der Waals surface area contributed by atoms with Gasteiger partial charge in [0.1, 0.15) is 58.5 Å². The molecule has 53 heavy (non-hydrogen) atoms. The van der Waals surface area contributed by atoms with Gasteiger partial charge in [0.2, 0.25) is 11.6 Å². The van der Waals surface area contributed by atoms with Gasteiger partial charge in [0.15, 0.2) is 11.6 Å². The van der Waals surface area contributed by atoms with Crippen LogP contribution in [0.1, 0.15) is 52.5 Å². The topological polar surface area (TPSA) is 261 Å². The fourth-order valence-electron chi connectivity index (χ4n) is 6.73. The third-order valence-corrected chi connectivity index (χ3v) is 9.98. The number of hydrogen-bond acceptors (Lipinski definition) is 15. The average molecular weight is 784 g/mol. The Morgan fingerprint density at radius 2 is 1.30 bits per heavy atom. The summed E-state index contributed by atoms with van der Waals surface area (Å²) < 4.78 is 20.7. The van der Waals surface area contributed by atoms with Crippen LogP contribution in [0.3, 0.4) is 0 Å². The molecule has 2 unspecified atom stereocenters. The van der Waals surface area contributed by atoms with Crippen LogP contribution in [-0.2, 0) is 32.4 Å². The molecule has 0 bridgehead atoms. The van der Waals surface area contributed by atoms with E-state index < -0.39 is 41.6 Å². The monoisotopic (exact) mass is 782 g/mol. The standard InChI is InChI=1S/C21H26N4O3.C12H16N4O5.CH4O.2ClH.H2/c1-4-17-14(2)20(3,27-12-15-8-6-5-7-9-15)21(26,28-17)18-11-10-16-19(22)23-13-24-25(16)18;1-11(19)9(18)7(4-17)21-12(11,20)8-3-2-6-10(13)14-5-15-16(6)8;1-2;;;/h5-11,13-14,17,26H,4,12H2,1-3H3,(H2,22,23,24);2-3,5,7,9,17-20H,4H2,1H3,(H2,13,14,15);2H,1H3;3*1H/p-2/t14-,17-,20-,21?;7-,9-,11-,12?;;;;/m11..../s1. The van der Waals surface area contributed by atoms with Crippen molar-refractivity contribution in [3.05, 3.63) is 84.2 Å². The van der Waals surface area contributed by atoms with E-state index in [-0.39, 0.29) is 49.8 Å². The number of aromatic nitrogens is 6. The van der Waals surface area contributed by atoms with Crippen LogP contribution in [0.25, 0.3) is 11.0 Å². The minimum Gasteiger partial charge on any atom is -1.00 e. The van der Waals surface area contributed by atoms with Crippen LogP contribution in [-0.4, -0.2) is 103 Å². The fourth-order valence-corrected chi connectivity index (χ4v) is 6.73. The van der Waals surface area contributed by atoms with Gasteiger partial charge < -0.3 is 81.1 Å². The van der Waals surface area contributed by atoms with Crippen LogP contribution in [0.5, 0.6) is 0 Å². The number of aliphatic hydroxyl groups is 6. The molecule has 17 nitrogen and oxygen atoms in total. The maximum absolute atomic E-state index is 11.8. The summed E-state index contributed by atoms with van der Waals surface area (Å²) in [6.45, 7) is 7.03. The molecule has 2 fully saturated rings. The van der Waals surface area contributed by atoms with E-state index in [1.54, 1.807) is 22.7 Å². The first-order chi connectivity index (χ1) is 24.2. The molecular weight excluding hydrogens is 735 g/mol. The van der Waals surface area contributed by atoms with Gasteiger partial charge in [0, 0.05) is 14.5 Å². The predicted octanol–water partition coefficient (Wildman–Crippen LogP) is -5.30. The van der Waals surface area contributed by atoms with Crippen LogP contribution in [0, 0.1) is 5.92 Å². The average Bonchev–Trinajstić information content (AvgIpc) is 3.87. The highest BCUT2D eigenvalue weighted by Crippen LogP contribution is 2.52. The second kappa shape index (κ2) is 16.7. The summed E-state index contributed by atoms with van der Waals surface area (Å²) in [5.41, 5.74) is 11.3. The number of nitrogens with zero attached hydrogens (tertiary/aromatic N) is 6. The quantitative estimate of drug-likeness (QED) is 0.0767. The van der Waals surface area contributed by atoms with Gasteiger partial charge in [-0.25, -0.2) is 19.0 Å². The van der Waals surface area contributed by atoms with Gasteiger partial charge in [-0.3, -0.25) is 0 Å². The van der Waals surface area contributed by atoms with E-state index >= 15 is 0 Å². The lowest BCUT2D eigenvalue weighted by Gasteiger charge is -2.39. The molecule has 0 aliphatic carbocycles. The number of benzene rings is 1. The fraction of sp³-hybridized carbons (Fsp3) is 0.471. The summed E-state index contributed by atoms with van der Waals surface area (Å²) in [4.78, 5) is 7.84. The zero-order chi connectivity index (χ0) is 37.4. The molecule has 19 heteroatoms. The van der Waals surface area contributed by atoms with Crippen molar-refractivity contribution in [2.24, 2.45) is 5.92 Å². The van der Waals surface area contributed by atoms with Crippen molar-refractivity contribution in [1.29, 1.82) is 0 Å². The summed E-state index contributed by atoms with van der Waals surface area (Å²) in [6.07, 6.45) is 0.558. The Labute approximate surface area is 319 Å². The molecule has 6 heterocycles.